The van der Waals surface area contributed by atoms with Crippen molar-refractivity contribution in [3.63, 3.8) is 0 Å². The smallest absolute Gasteiger partial charge is 0.289 e. The first kappa shape index (κ1) is 11.2. The Bertz CT molecular complexity index is 388. The highest BCUT2D eigenvalue weighted by atomic mass is 19.4. The standard InChI is InChI=1S/C12H11F3O/c13-12(14,15)11(16)7-8-1-3-9(4-2-8)10-5-6-10/h1-4,10H,5-7H2. The third kappa shape index (κ3) is 2.62. The van der Waals surface area contributed by atoms with Gasteiger partial charge < -0.3 is 0 Å². The lowest BCUT2D eigenvalue weighted by Gasteiger charge is -2.05. The van der Waals surface area contributed by atoms with Crippen LogP contribution in [0.15, 0.2) is 24.3 Å². The van der Waals surface area contributed by atoms with Crippen molar-refractivity contribution in [1.82, 2.24) is 0 Å². The summed E-state index contributed by atoms with van der Waals surface area (Å²) in [5.41, 5.74) is 1.58. The lowest BCUT2D eigenvalue weighted by molar-refractivity contribution is -0.170. The molecule has 1 saturated carbocycles. The monoisotopic (exact) mass is 228 g/mol. The van der Waals surface area contributed by atoms with Crippen molar-refractivity contribution in [2.45, 2.75) is 31.4 Å². The van der Waals surface area contributed by atoms with Gasteiger partial charge in [-0.25, -0.2) is 0 Å². The highest BCUT2D eigenvalue weighted by Crippen LogP contribution is 2.39. The van der Waals surface area contributed by atoms with Gasteiger partial charge in [0.25, 0.3) is 0 Å². The maximum Gasteiger partial charge on any atom is 0.450 e. The van der Waals surface area contributed by atoms with Crippen LogP contribution in [-0.2, 0) is 11.2 Å². The Morgan fingerprint density at radius 2 is 1.75 bits per heavy atom. The van der Waals surface area contributed by atoms with E-state index in [9.17, 15) is 18.0 Å². The first-order valence-electron chi connectivity index (χ1n) is 5.15. The molecular formula is C12H11F3O. The fraction of sp³-hybridized carbons (Fsp3) is 0.417. The molecule has 4 heteroatoms. The Labute approximate surface area is 91.3 Å². The van der Waals surface area contributed by atoms with Crippen LogP contribution in [0.3, 0.4) is 0 Å². The molecule has 1 nitrogen and oxygen atoms in total. The van der Waals surface area contributed by atoms with Crippen molar-refractivity contribution in [3.8, 4) is 0 Å². The summed E-state index contributed by atoms with van der Waals surface area (Å²) in [6.07, 6.45) is -2.98. The van der Waals surface area contributed by atoms with Gasteiger partial charge in [-0.2, -0.15) is 13.2 Å². The molecule has 0 amide bonds. The topological polar surface area (TPSA) is 17.1 Å². The van der Waals surface area contributed by atoms with Crippen LogP contribution in [0.4, 0.5) is 13.2 Å². The molecule has 0 bridgehead atoms. The second-order valence-corrected chi connectivity index (χ2v) is 4.11. The molecule has 0 spiro atoms. The van der Waals surface area contributed by atoms with Gasteiger partial charge in [-0.1, -0.05) is 24.3 Å². The molecule has 1 aliphatic rings. The zero-order valence-corrected chi connectivity index (χ0v) is 8.55. The fourth-order valence-corrected chi connectivity index (χ4v) is 1.61. The van der Waals surface area contributed by atoms with Crippen molar-refractivity contribution in [2.75, 3.05) is 0 Å². The summed E-state index contributed by atoms with van der Waals surface area (Å²) in [5.74, 6) is -1.11. The number of alkyl halides is 3. The maximum atomic E-state index is 12.0. The molecule has 0 aromatic heterocycles. The summed E-state index contributed by atoms with van der Waals surface area (Å²) in [6.45, 7) is 0. The largest absolute Gasteiger partial charge is 0.450 e. The lowest BCUT2D eigenvalue weighted by Crippen LogP contribution is -2.24. The van der Waals surface area contributed by atoms with Crippen molar-refractivity contribution in [2.24, 2.45) is 0 Å². The zero-order chi connectivity index (χ0) is 11.8. The van der Waals surface area contributed by atoms with Crippen LogP contribution in [0.5, 0.6) is 0 Å². The minimum Gasteiger partial charge on any atom is -0.289 e. The van der Waals surface area contributed by atoms with Gasteiger partial charge in [0.15, 0.2) is 0 Å². The van der Waals surface area contributed by atoms with Crippen molar-refractivity contribution in [3.05, 3.63) is 35.4 Å². The van der Waals surface area contributed by atoms with Gasteiger partial charge >= 0.3 is 6.18 Å². The van der Waals surface area contributed by atoms with E-state index >= 15 is 0 Å². The number of carbonyl (C=O) groups excluding carboxylic acids is 1. The Morgan fingerprint density at radius 3 is 2.19 bits per heavy atom. The normalized spacial score (nSPS) is 16.2. The van der Waals surface area contributed by atoms with E-state index in [4.69, 9.17) is 0 Å². The molecule has 0 atom stereocenters. The molecule has 1 aromatic rings. The molecule has 0 N–H and O–H groups in total. The lowest BCUT2D eigenvalue weighted by atomic mass is 10.0. The molecule has 0 unspecified atom stereocenters. The van der Waals surface area contributed by atoms with Crippen LogP contribution in [0, 0.1) is 0 Å². The van der Waals surface area contributed by atoms with E-state index in [-0.39, 0.29) is 0 Å². The third-order valence-electron chi connectivity index (χ3n) is 2.71. The highest BCUT2D eigenvalue weighted by Gasteiger charge is 2.37. The average molecular weight is 228 g/mol. The quantitative estimate of drug-likeness (QED) is 0.776. The second-order valence-electron chi connectivity index (χ2n) is 4.11. The molecule has 1 aromatic carbocycles. The van der Waals surface area contributed by atoms with Crippen LogP contribution in [0.25, 0.3) is 0 Å². The summed E-state index contributed by atoms with van der Waals surface area (Å²) in [6, 6.07) is 6.85. The van der Waals surface area contributed by atoms with Gasteiger partial charge in [0.1, 0.15) is 0 Å². The SMILES string of the molecule is O=C(Cc1ccc(C2CC2)cc1)C(F)(F)F. The molecule has 0 aliphatic heterocycles. The molecule has 1 aliphatic carbocycles. The first-order chi connectivity index (χ1) is 7.47. The molecule has 86 valence electrons. The van der Waals surface area contributed by atoms with E-state index in [0.717, 1.165) is 18.4 Å². The number of benzene rings is 1. The summed E-state index contributed by atoms with van der Waals surface area (Å²) in [5, 5.41) is 0. The Kier molecular flexibility index (Phi) is 2.74. The molecule has 2 rings (SSSR count). The van der Waals surface area contributed by atoms with Gasteiger partial charge in [-0.05, 0) is 29.9 Å². The van der Waals surface area contributed by atoms with E-state index < -0.39 is 18.4 Å². The van der Waals surface area contributed by atoms with E-state index in [1.54, 1.807) is 12.1 Å². The molecule has 16 heavy (non-hydrogen) atoms. The van der Waals surface area contributed by atoms with Crippen molar-refractivity contribution >= 4 is 5.78 Å². The van der Waals surface area contributed by atoms with Crippen LogP contribution < -0.4 is 0 Å². The predicted molar refractivity (Wildman–Crippen MR) is 53.2 cm³/mol. The van der Waals surface area contributed by atoms with Gasteiger partial charge in [-0.15, -0.1) is 0 Å². The third-order valence-corrected chi connectivity index (χ3v) is 2.71. The van der Waals surface area contributed by atoms with E-state index in [2.05, 4.69) is 0 Å². The number of hydrogen-bond acceptors (Lipinski definition) is 1. The number of Topliss-reactive ketones (excluding diaryl/α,β-unsaturated/α-hetero) is 1. The second kappa shape index (κ2) is 3.92. The molecule has 0 heterocycles. The van der Waals surface area contributed by atoms with Crippen LogP contribution >= 0.6 is 0 Å². The van der Waals surface area contributed by atoms with E-state index in [0.29, 0.717) is 11.5 Å². The van der Waals surface area contributed by atoms with Gasteiger partial charge in [0.2, 0.25) is 5.78 Å². The van der Waals surface area contributed by atoms with E-state index in [1.807, 2.05) is 12.1 Å². The van der Waals surface area contributed by atoms with Crippen LogP contribution in [0.1, 0.15) is 29.9 Å². The zero-order valence-electron chi connectivity index (χ0n) is 8.55. The highest BCUT2D eigenvalue weighted by molar-refractivity contribution is 5.86. The average Bonchev–Trinajstić information content (AvgIpc) is 3.01. The number of rotatable bonds is 3. The Morgan fingerprint density at radius 1 is 1.19 bits per heavy atom. The molecule has 0 radical (unpaired) electrons. The molecular weight excluding hydrogens is 217 g/mol. The minimum absolute atomic E-state index is 0.423. The summed E-state index contributed by atoms with van der Waals surface area (Å²) in [7, 11) is 0. The van der Waals surface area contributed by atoms with Gasteiger partial charge in [-0.3, -0.25) is 4.79 Å². The van der Waals surface area contributed by atoms with Gasteiger partial charge in [0.05, 0.1) is 0 Å². The minimum atomic E-state index is -4.73. The number of hydrogen-bond donors (Lipinski definition) is 0. The van der Waals surface area contributed by atoms with E-state index in [1.165, 1.54) is 0 Å². The Hall–Kier alpha value is -1.32. The Balaban J connectivity index is 2.02. The molecule has 0 saturated heterocycles. The molecule has 1 fully saturated rings. The number of halogens is 3. The van der Waals surface area contributed by atoms with Crippen LogP contribution in [-0.4, -0.2) is 12.0 Å². The maximum absolute atomic E-state index is 12.0. The number of ketones is 1. The number of carbonyl (C=O) groups is 1. The predicted octanol–water partition coefficient (Wildman–Crippen LogP) is 3.24. The summed E-state index contributed by atoms with van der Waals surface area (Å²) >= 11 is 0. The summed E-state index contributed by atoms with van der Waals surface area (Å²) < 4.78 is 36.0. The van der Waals surface area contributed by atoms with Crippen molar-refractivity contribution in [1.29, 1.82) is 0 Å². The first-order valence-corrected chi connectivity index (χ1v) is 5.15. The fourth-order valence-electron chi connectivity index (χ4n) is 1.61. The van der Waals surface area contributed by atoms with Crippen molar-refractivity contribution < 1.29 is 18.0 Å². The summed E-state index contributed by atoms with van der Waals surface area (Å²) in [4.78, 5) is 10.7. The van der Waals surface area contributed by atoms with Gasteiger partial charge in [0, 0.05) is 6.42 Å². The van der Waals surface area contributed by atoms with Crippen LogP contribution in [0.2, 0.25) is 0 Å².